The molecule has 0 aliphatic carbocycles. The lowest BCUT2D eigenvalue weighted by molar-refractivity contribution is -0.117. The normalized spacial score (nSPS) is 10.4. The number of benzene rings is 1. The van der Waals surface area contributed by atoms with Gasteiger partial charge in [0.25, 0.3) is 5.91 Å². The van der Waals surface area contributed by atoms with Crippen LogP contribution in [-0.4, -0.2) is 43.8 Å². The van der Waals surface area contributed by atoms with Crippen molar-refractivity contribution in [2.75, 3.05) is 27.2 Å². The molecule has 1 aromatic carbocycles. The van der Waals surface area contributed by atoms with Gasteiger partial charge < -0.3 is 10.2 Å². The van der Waals surface area contributed by atoms with Crippen LogP contribution in [0.3, 0.4) is 0 Å². The van der Waals surface area contributed by atoms with E-state index in [-0.39, 0.29) is 5.56 Å². The lowest BCUT2D eigenvalue weighted by Crippen LogP contribution is -2.33. The second kappa shape index (κ2) is 6.86. The fraction of sp³-hybridized carbons (Fsp3) is 0.385. The third-order valence-corrected chi connectivity index (χ3v) is 2.38. The molecule has 0 heterocycles. The maximum Gasteiger partial charge on any atom is 0.292 e. The molecule has 1 aromatic rings. The Labute approximate surface area is 106 Å². The minimum absolute atomic E-state index is 0.196. The van der Waals surface area contributed by atoms with Crippen molar-refractivity contribution >= 4 is 11.7 Å². The first-order valence-corrected chi connectivity index (χ1v) is 5.73. The Bertz CT molecular complexity index is 416. The lowest BCUT2D eigenvalue weighted by atomic mass is 10.1. The van der Waals surface area contributed by atoms with E-state index in [4.69, 9.17) is 0 Å². The first-order chi connectivity index (χ1) is 8.50. The second-order valence-electron chi connectivity index (χ2n) is 4.25. The van der Waals surface area contributed by atoms with E-state index in [0.29, 0.717) is 6.54 Å². The first kappa shape index (κ1) is 14.3. The Morgan fingerprint density at radius 3 is 2.39 bits per heavy atom. The van der Waals surface area contributed by atoms with Gasteiger partial charge in [0.1, 0.15) is 5.82 Å². The molecular formula is C13H17FN2O2. The van der Waals surface area contributed by atoms with Crippen LogP contribution < -0.4 is 5.32 Å². The number of nitrogens with one attached hydrogen (secondary N) is 1. The van der Waals surface area contributed by atoms with Gasteiger partial charge in [-0.15, -0.1) is 0 Å². The molecule has 5 heteroatoms. The van der Waals surface area contributed by atoms with E-state index in [1.807, 2.05) is 19.0 Å². The molecule has 0 aliphatic rings. The molecule has 1 N–H and O–H groups in total. The number of Topliss-reactive ketones (excluding diaryl/α,β-unsaturated/α-hetero) is 1. The maximum atomic E-state index is 12.7. The van der Waals surface area contributed by atoms with Gasteiger partial charge in [-0.25, -0.2) is 4.39 Å². The smallest absolute Gasteiger partial charge is 0.292 e. The van der Waals surface area contributed by atoms with Crippen LogP contribution in [0, 0.1) is 5.82 Å². The van der Waals surface area contributed by atoms with E-state index in [0.717, 1.165) is 25.1 Å². The van der Waals surface area contributed by atoms with E-state index in [1.54, 1.807) is 0 Å². The molecule has 0 radical (unpaired) electrons. The predicted octanol–water partition coefficient (Wildman–Crippen LogP) is 1.08. The molecule has 1 rings (SSSR count). The Kier molecular flexibility index (Phi) is 5.45. The molecule has 98 valence electrons. The first-order valence-electron chi connectivity index (χ1n) is 5.73. The molecule has 0 aromatic heterocycles. The zero-order valence-corrected chi connectivity index (χ0v) is 10.6. The SMILES string of the molecule is CN(C)CCCNC(=O)C(=O)c1ccc(F)cc1. The number of amides is 1. The zero-order chi connectivity index (χ0) is 13.5. The van der Waals surface area contributed by atoms with Crippen LogP contribution in [0.2, 0.25) is 0 Å². The summed E-state index contributed by atoms with van der Waals surface area (Å²) in [6.45, 7) is 1.29. The monoisotopic (exact) mass is 252 g/mol. The molecule has 4 nitrogen and oxygen atoms in total. The average Bonchev–Trinajstić information content (AvgIpc) is 2.34. The number of carbonyl (C=O) groups excluding carboxylic acids is 2. The summed E-state index contributed by atoms with van der Waals surface area (Å²) in [5.41, 5.74) is 0.196. The van der Waals surface area contributed by atoms with Gasteiger partial charge in [0.05, 0.1) is 0 Å². The van der Waals surface area contributed by atoms with Gasteiger partial charge in [-0.2, -0.15) is 0 Å². The van der Waals surface area contributed by atoms with E-state index < -0.39 is 17.5 Å². The minimum atomic E-state index is -0.652. The number of halogens is 1. The number of nitrogens with zero attached hydrogens (tertiary/aromatic N) is 1. The second-order valence-corrected chi connectivity index (χ2v) is 4.25. The number of carbonyl (C=O) groups is 2. The van der Waals surface area contributed by atoms with Crippen molar-refractivity contribution in [2.45, 2.75) is 6.42 Å². The quantitative estimate of drug-likeness (QED) is 0.468. The highest BCUT2D eigenvalue weighted by Gasteiger charge is 2.15. The standard InChI is InChI=1S/C13H17FN2O2/c1-16(2)9-3-8-15-13(18)12(17)10-4-6-11(14)7-5-10/h4-7H,3,8-9H2,1-2H3,(H,15,18). The molecule has 0 saturated heterocycles. The van der Waals surface area contributed by atoms with Crippen molar-refractivity contribution in [3.05, 3.63) is 35.6 Å². The van der Waals surface area contributed by atoms with E-state index in [9.17, 15) is 14.0 Å². The van der Waals surface area contributed by atoms with Crippen LogP contribution >= 0.6 is 0 Å². The Balaban J connectivity index is 2.42. The Morgan fingerprint density at radius 2 is 1.83 bits per heavy atom. The van der Waals surface area contributed by atoms with Crippen molar-refractivity contribution in [3.8, 4) is 0 Å². The number of rotatable bonds is 6. The molecule has 0 bridgehead atoms. The van der Waals surface area contributed by atoms with Gasteiger partial charge in [0.2, 0.25) is 5.78 Å². The predicted molar refractivity (Wildman–Crippen MR) is 66.9 cm³/mol. The zero-order valence-electron chi connectivity index (χ0n) is 10.6. The Hall–Kier alpha value is -1.75. The fourth-order valence-electron chi connectivity index (χ4n) is 1.41. The van der Waals surface area contributed by atoms with Crippen molar-refractivity contribution in [1.29, 1.82) is 0 Å². The summed E-state index contributed by atoms with van der Waals surface area (Å²) in [5.74, 6) is -1.72. The summed E-state index contributed by atoms with van der Waals surface area (Å²) in [6, 6.07) is 4.92. The summed E-state index contributed by atoms with van der Waals surface area (Å²) in [7, 11) is 3.87. The van der Waals surface area contributed by atoms with Gasteiger partial charge >= 0.3 is 0 Å². The number of hydrogen-bond acceptors (Lipinski definition) is 3. The summed E-state index contributed by atoms with van der Waals surface area (Å²) >= 11 is 0. The van der Waals surface area contributed by atoms with Crippen LogP contribution in [0.15, 0.2) is 24.3 Å². The summed E-state index contributed by atoms with van der Waals surface area (Å²) in [4.78, 5) is 25.1. The van der Waals surface area contributed by atoms with E-state index >= 15 is 0 Å². The summed E-state index contributed by atoms with van der Waals surface area (Å²) < 4.78 is 12.7. The molecule has 1 amide bonds. The van der Waals surface area contributed by atoms with E-state index in [1.165, 1.54) is 12.1 Å². The van der Waals surface area contributed by atoms with Gasteiger partial charge in [-0.05, 0) is 51.3 Å². The summed E-state index contributed by atoms with van der Waals surface area (Å²) in [5, 5.41) is 2.54. The van der Waals surface area contributed by atoms with E-state index in [2.05, 4.69) is 5.32 Å². The van der Waals surface area contributed by atoms with Crippen LogP contribution in [0.1, 0.15) is 16.8 Å². The van der Waals surface area contributed by atoms with Crippen molar-refractivity contribution < 1.29 is 14.0 Å². The third kappa shape index (κ3) is 4.63. The van der Waals surface area contributed by atoms with Crippen LogP contribution in [0.4, 0.5) is 4.39 Å². The molecule has 18 heavy (non-hydrogen) atoms. The molecule has 0 unspecified atom stereocenters. The number of ketones is 1. The Morgan fingerprint density at radius 1 is 1.22 bits per heavy atom. The summed E-state index contributed by atoms with van der Waals surface area (Å²) in [6.07, 6.45) is 0.773. The van der Waals surface area contributed by atoms with Crippen LogP contribution in [-0.2, 0) is 4.79 Å². The molecular weight excluding hydrogens is 235 g/mol. The highest BCUT2D eigenvalue weighted by Crippen LogP contribution is 2.03. The molecule has 0 spiro atoms. The number of hydrogen-bond donors (Lipinski definition) is 1. The largest absolute Gasteiger partial charge is 0.349 e. The lowest BCUT2D eigenvalue weighted by Gasteiger charge is -2.09. The highest BCUT2D eigenvalue weighted by molar-refractivity contribution is 6.42. The fourth-order valence-corrected chi connectivity index (χ4v) is 1.41. The van der Waals surface area contributed by atoms with Crippen molar-refractivity contribution in [2.24, 2.45) is 0 Å². The minimum Gasteiger partial charge on any atom is -0.349 e. The van der Waals surface area contributed by atoms with Gasteiger partial charge in [-0.1, -0.05) is 0 Å². The van der Waals surface area contributed by atoms with Gasteiger partial charge in [0.15, 0.2) is 0 Å². The molecule has 0 fully saturated rings. The van der Waals surface area contributed by atoms with Crippen molar-refractivity contribution in [3.63, 3.8) is 0 Å². The van der Waals surface area contributed by atoms with Crippen LogP contribution in [0.25, 0.3) is 0 Å². The maximum absolute atomic E-state index is 12.7. The highest BCUT2D eigenvalue weighted by atomic mass is 19.1. The van der Waals surface area contributed by atoms with Gasteiger partial charge in [-0.3, -0.25) is 9.59 Å². The molecule has 0 saturated carbocycles. The van der Waals surface area contributed by atoms with Crippen LogP contribution in [0.5, 0.6) is 0 Å². The topological polar surface area (TPSA) is 49.4 Å². The molecule has 0 aliphatic heterocycles. The third-order valence-electron chi connectivity index (χ3n) is 2.38. The molecule has 0 atom stereocenters. The van der Waals surface area contributed by atoms with Gasteiger partial charge in [0, 0.05) is 12.1 Å². The average molecular weight is 252 g/mol. The van der Waals surface area contributed by atoms with Crippen molar-refractivity contribution in [1.82, 2.24) is 10.2 Å².